The molecule has 0 aliphatic carbocycles. The van der Waals surface area contributed by atoms with Crippen molar-refractivity contribution >= 4 is 17.6 Å². The van der Waals surface area contributed by atoms with E-state index >= 15 is 0 Å². The van der Waals surface area contributed by atoms with E-state index in [-0.39, 0.29) is 12.4 Å². The minimum Gasteiger partial charge on any atom is -0.370 e. The van der Waals surface area contributed by atoms with Crippen molar-refractivity contribution in [2.24, 2.45) is 5.84 Å². The van der Waals surface area contributed by atoms with E-state index in [0.717, 1.165) is 0 Å². The maximum atomic E-state index is 11.9. The number of nitrogens with two attached hydrogens (primary N) is 2. The summed E-state index contributed by atoms with van der Waals surface area (Å²) in [5.74, 6) is 5.95. The molecule has 6 N–H and O–H groups in total. The van der Waals surface area contributed by atoms with Crippen LogP contribution in [0.3, 0.4) is 0 Å². The molecule has 1 heterocycles. The van der Waals surface area contributed by atoms with Gasteiger partial charge in [0.15, 0.2) is 0 Å². The molecule has 0 saturated carbocycles. The number of halogens is 3. The zero-order valence-corrected chi connectivity index (χ0v) is 9.59. The smallest absolute Gasteiger partial charge is 0.370 e. The van der Waals surface area contributed by atoms with E-state index in [1.165, 1.54) is 6.07 Å². The molecule has 0 saturated heterocycles. The SMILES string of the molecule is NNc1cc(NCCCCC(F)(F)F)nc(N)n1. The monoisotopic (exact) mass is 264 g/mol. The fourth-order valence-electron chi connectivity index (χ4n) is 1.30. The van der Waals surface area contributed by atoms with E-state index in [4.69, 9.17) is 11.6 Å². The molecule has 9 heteroatoms. The minimum atomic E-state index is -4.10. The molecule has 0 aliphatic rings. The van der Waals surface area contributed by atoms with Gasteiger partial charge in [0.25, 0.3) is 0 Å². The number of nitrogen functional groups attached to an aromatic ring is 2. The molecule has 0 unspecified atom stereocenters. The Balaban J connectivity index is 2.33. The van der Waals surface area contributed by atoms with Crippen molar-refractivity contribution in [1.82, 2.24) is 9.97 Å². The number of anilines is 3. The van der Waals surface area contributed by atoms with Gasteiger partial charge in [0.1, 0.15) is 11.6 Å². The van der Waals surface area contributed by atoms with E-state index in [1.807, 2.05) is 0 Å². The highest BCUT2D eigenvalue weighted by Crippen LogP contribution is 2.22. The van der Waals surface area contributed by atoms with Crippen LogP contribution in [-0.4, -0.2) is 22.7 Å². The lowest BCUT2D eigenvalue weighted by molar-refractivity contribution is -0.135. The van der Waals surface area contributed by atoms with Crippen molar-refractivity contribution in [2.45, 2.75) is 25.4 Å². The lowest BCUT2D eigenvalue weighted by Gasteiger charge is -2.08. The summed E-state index contributed by atoms with van der Waals surface area (Å²) < 4.78 is 35.6. The third-order valence-electron chi connectivity index (χ3n) is 2.08. The number of alkyl halides is 3. The predicted octanol–water partition coefficient (Wildman–Crippen LogP) is 1.49. The fourth-order valence-corrected chi connectivity index (χ4v) is 1.30. The molecule has 0 atom stereocenters. The number of hydrazine groups is 1. The third kappa shape index (κ3) is 5.53. The van der Waals surface area contributed by atoms with E-state index in [2.05, 4.69) is 20.7 Å². The molecule has 0 bridgehead atoms. The van der Waals surface area contributed by atoms with Crippen LogP contribution in [-0.2, 0) is 0 Å². The molecule has 1 aromatic rings. The summed E-state index contributed by atoms with van der Waals surface area (Å²) in [4.78, 5) is 7.64. The zero-order chi connectivity index (χ0) is 13.6. The summed E-state index contributed by atoms with van der Waals surface area (Å²) in [6, 6.07) is 1.51. The van der Waals surface area contributed by atoms with Crippen LogP contribution in [0, 0.1) is 0 Å². The summed E-state index contributed by atoms with van der Waals surface area (Å²) in [6.07, 6.45) is -4.43. The lowest BCUT2D eigenvalue weighted by atomic mass is 10.2. The average molecular weight is 264 g/mol. The highest BCUT2D eigenvalue weighted by Gasteiger charge is 2.25. The van der Waals surface area contributed by atoms with Crippen LogP contribution in [0.2, 0.25) is 0 Å². The molecular weight excluding hydrogens is 249 g/mol. The first-order chi connectivity index (χ1) is 8.40. The average Bonchev–Trinajstić information content (AvgIpc) is 2.26. The summed E-state index contributed by atoms with van der Waals surface area (Å²) in [5, 5.41) is 2.85. The van der Waals surface area contributed by atoms with Crippen molar-refractivity contribution < 1.29 is 13.2 Å². The van der Waals surface area contributed by atoms with Crippen molar-refractivity contribution in [2.75, 3.05) is 23.0 Å². The molecule has 1 rings (SSSR count). The Morgan fingerprint density at radius 3 is 2.44 bits per heavy atom. The van der Waals surface area contributed by atoms with Crippen LogP contribution in [0.5, 0.6) is 0 Å². The summed E-state index contributed by atoms with van der Waals surface area (Å²) in [5.41, 5.74) is 7.73. The van der Waals surface area contributed by atoms with E-state index < -0.39 is 12.6 Å². The van der Waals surface area contributed by atoms with Gasteiger partial charge in [-0.15, -0.1) is 0 Å². The molecule has 0 amide bonds. The number of nitrogens with one attached hydrogen (secondary N) is 2. The van der Waals surface area contributed by atoms with Gasteiger partial charge in [0, 0.05) is 19.0 Å². The van der Waals surface area contributed by atoms with Crippen LogP contribution in [0.4, 0.5) is 30.8 Å². The van der Waals surface area contributed by atoms with E-state index in [9.17, 15) is 13.2 Å². The largest absolute Gasteiger partial charge is 0.389 e. The van der Waals surface area contributed by atoms with Gasteiger partial charge in [-0.25, -0.2) is 5.84 Å². The Kier molecular flexibility index (Phi) is 4.95. The maximum Gasteiger partial charge on any atom is 0.389 e. The second-order valence-corrected chi connectivity index (χ2v) is 3.64. The number of hydrogen-bond donors (Lipinski definition) is 4. The van der Waals surface area contributed by atoms with Gasteiger partial charge in [-0.3, -0.25) is 0 Å². The number of nitrogens with zero attached hydrogens (tertiary/aromatic N) is 2. The molecule has 0 radical (unpaired) electrons. The van der Waals surface area contributed by atoms with Gasteiger partial charge in [0.2, 0.25) is 5.95 Å². The summed E-state index contributed by atoms with van der Waals surface area (Å²) in [7, 11) is 0. The van der Waals surface area contributed by atoms with Gasteiger partial charge in [0.05, 0.1) is 0 Å². The Labute approximate surface area is 102 Å². The van der Waals surface area contributed by atoms with Crippen LogP contribution in [0.25, 0.3) is 0 Å². The van der Waals surface area contributed by atoms with Crippen molar-refractivity contribution in [3.05, 3.63) is 6.07 Å². The Bertz CT molecular complexity index is 381. The van der Waals surface area contributed by atoms with Gasteiger partial charge >= 0.3 is 6.18 Å². The number of rotatable bonds is 6. The second-order valence-electron chi connectivity index (χ2n) is 3.64. The number of hydrogen-bond acceptors (Lipinski definition) is 6. The Morgan fingerprint density at radius 1 is 1.17 bits per heavy atom. The van der Waals surface area contributed by atoms with Gasteiger partial charge in [-0.1, -0.05) is 0 Å². The first kappa shape index (κ1) is 14.3. The number of unbranched alkanes of at least 4 members (excludes halogenated alkanes) is 1. The topological polar surface area (TPSA) is 102 Å². The minimum absolute atomic E-state index is 0.0308. The van der Waals surface area contributed by atoms with Crippen LogP contribution in [0.15, 0.2) is 6.07 Å². The highest BCUT2D eigenvalue weighted by molar-refractivity contribution is 5.50. The fraction of sp³-hybridized carbons (Fsp3) is 0.556. The van der Waals surface area contributed by atoms with Crippen LogP contribution in [0.1, 0.15) is 19.3 Å². The van der Waals surface area contributed by atoms with Gasteiger partial charge in [-0.05, 0) is 12.8 Å². The molecule has 18 heavy (non-hydrogen) atoms. The van der Waals surface area contributed by atoms with E-state index in [1.54, 1.807) is 0 Å². The molecular formula is C9H15F3N6. The first-order valence-electron chi connectivity index (χ1n) is 5.32. The lowest BCUT2D eigenvalue weighted by Crippen LogP contribution is -2.13. The van der Waals surface area contributed by atoms with Gasteiger partial charge < -0.3 is 16.5 Å². The van der Waals surface area contributed by atoms with E-state index in [0.29, 0.717) is 24.6 Å². The van der Waals surface area contributed by atoms with Crippen molar-refractivity contribution in [3.8, 4) is 0 Å². The first-order valence-corrected chi connectivity index (χ1v) is 5.32. The third-order valence-corrected chi connectivity index (χ3v) is 2.08. The zero-order valence-electron chi connectivity index (χ0n) is 9.59. The van der Waals surface area contributed by atoms with Crippen molar-refractivity contribution in [3.63, 3.8) is 0 Å². The van der Waals surface area contributed by atoms with Crippen LogP contribution >= 0.6 is 0 Å². The Morgan fingerprint density at radius 2 is 1.83 bits per heavy atom. The molecule has 0 aromatic carbocycles. The normalized spacial score (nSPS) is 11.3. The molecule has 6 nitrogen and oxygen atoms in total. The van der Waals surface area contributed by atoms with Crippen LogP contribution < -0.4 is 22.3 Å². The number of aromatic nitrogens is 2. The molecule has 102 valence electrons. The molecule has 1 aromatic heterocycles. The standard InChI is InChI=1S/C9H15F3N6/c10-9(11,12)3-1-2-4-15-6-5-7(18-14)17-8(13)16-6/h5H,1-4,14H2,(H4,13,15,16,17,18). The van der Waals surface area contributed by atoms with Crippen molar-refractivity contribution in [1.29, 1.82) is 0 Å². The summed E-state index contributed by atoms with van der Waals surface area (Å²) in [6.45, 7) is 0.372. The van der Waals surface area contributed by atoms with Gasteiger partial charge in [-0.2, -0.15) is 23.1 Å². The maximum absolute atomic E-state index is 11.9. The predicted molar refractivity (Wildman–Crippen MR) is 62.7 cm³/mol. The highest BCUT2D eigenvalue weighted by atomic mass is 19.4. The molecule has 0 aliphatic heterocycles. The Hall–Kier alpha value is -1.77. The molecule has 0 fully saturated rings. The summed E-state index contributed by atoms with van der Waals surface area (Å²) >= 11 is 0. The second kappa shape index (κ2) is 6.24. The quantitative estimate of drug-likeness (QED) is 0.353. The molecule has 0 spiro atoms.